The van der Waals surface area contributed by atoms with E-state index in [-0.39, 0.29) is 23.2 Å². The predicted octanol–water partition coefficient (Wildman–Crippen LogP) is 0.508. The Balaban J connectivity index is 1.76. The van der Waals surface area contributed by atoms with Crippen molar-refractivity contribution >= 4 is 0 Å². The van der Waals surface area contributed by atoms with Gasteiger partial charge in [-0.05, 0) is 24.1 Å². The summed E-state index contributed by atoms with van der Waals surface area (Å²) in [5.41, 5.74) is 6.73. The van der Waals surface area contributed by atoms with Crippen LogP contribution in [-0.2, 0) is 6.42 Å². The first kappa shape index (κ1) is 13.1. The van der Waals surface area contributed by atoms with Crippen molar-refractivity contribution in [3.63, 3.8) is 0 Å². The number of H-pyrrole nitrogens is 1. The largest absolute Gasteiger partial charge is 0.504 e. The second kappa shape index (κ2) is 5.21. The van der Waals surface area contributed by atoms with Gasteiger partial charge in [0.05, 0.1) is 6.04 Å². The maximum Gasteiger partial charge on any atom is 0.244 e. The lowest BCUT2D eigenvalue weighted by Gasteiger charge is -2.07. The standard InChI is InChI=1S/C12H12N6O3/c13-7(3-6-1-2-8(19)9(20)4-6)12-16-11(18-21-12)10-14-5-15-17-10/h1-2,4-5,7,19-20H,3,13H2,(H,14,15,17). The van der Waals surface area contributed by atoms with E-state index in [0.717, 1.165) is 5.56 Å². The lowest BCUT2D eigenvalue weighted by atomic mass is 10.1. The molecule has 1 aromatic carbocycles. The van der Waals surface area contributed by atoms with E-state index in [9.17, 15) is 10.2 Å². The number of nitrogens with zero attached hydrogens (tertiary/aromatic N) is 4. The Labute approximate surface area is 118 Å². The highest BCUT2D eigenvalue weighted by molar-refractivity contribution is 5.41. The summed E-state index contributed by atoms with van der Waals surface area (Å²) in [6.45, 7) is 0. The van der Waals surface area contributed by atoms with E-state index in [4.69, 9.17) is 10.3 Å². The number of phenolic OH excluding ortho intramolecular Hbond substituents is 2. The Morgan fingerprint density at radius 3 is 2.86 bits per heavy atom. The zero-order valence-corrected chi connectivity index (χ0v) is 10.8. The number of nitrogens with two attached hydrogens (primary N) is 1. The Kier molecular flexibility index (Phi) is 3.24. The van der Waals surface area contributed by atoms with Gasteiger partial charge in [0, 0.05) is 0 Å². The molecule has 0 bridgehead atoms. The number of rotatable bonds is 4. The normalized spacial score (nSPS) is 12.4. The van der Waals surface area contributed by atoms with Crippen LogP contribution in [0.15, 0.2) is 29.0 Å². The van der Waals surface area contributed by atoms with Crippen LogP contribution in [0.25, 0.3) is 11.6 Å². The second-order valence-electron chi connectivity index (χ2n) is 4.42. The number of nitrogens with one attached hydrogen (secondary N) is 1. The molecule has 0 amide bonds. The van der Waals surface area contributed by atoms with Gasteiger partial charge in [0.1, 0.15) is 6.33 Å². The molecule has 0 spiro atoms. The summed E-state index contributed by atoms with van der Waals surface area (Å²) in [6.07, 6.45) is 1.70. The van der Waals surface area contributed by atoms with Crippen LogP contribution in [0.4, 0.5) is 0 Å². The fraction of sp³-hybridized carbons (Fsp3) is 0.167. The third-order valence-electron chi connectivity index (χ3n) is 2.88. The molecule has 21 heavy (non-hydrogen) atoms. The first-order valence-electron chi connectivity index (χ1n) is 6.09. The van der Waals surface area contributed by atoms with Crippen molar-refractivity contribution in [2.45, 2.75) is 12.5 Å². The van der Waals surface area contributed by atoms with E-state index in [2.05, 4.69) is 25.3 Å². The minimum Gasteiger partial charge on any atom is -0.504 e. The number of aromatic amines is 1. The summed E-state index contributed by atoms with van der Waals surface area (Å²) in [4.78, 5) is 8.05. The number of hydrogen-bond donors (Lipinski definition) is 4. The Morgan fingerprint density at radius 2 is 2.14 bits per heavy atom. The molecule has 0 aliphatic carbocycles. The van der Waals surface area contributed by atoms with Crippen LogP contribution in [0.3, 0.4) is 0 Å². The lowest BCUT2D eigenvalue weighted by molar-refractivity contribution is 0.354. The topological polar surface area (TPSA) is 147 Å². The molecule has 9 nitrogen and oxygen atoms in total. The first-order valence-corrected chi connectivity index (χ1v) is 6.09. The third kappa shape index (κ3) is 2.67. The van der Waals surface area contributed by atoms with E-state index in [1.807, 2.05) is 0 Å². The molecule has 0 aliphatic heterocycles. The van der Waals surface area contributed by atoms with Crippen molar-refractivity contribution in [2.24, 2.45) is 5.73 Å². The van der Waals surface area contributed by atoms with Crippen LogP contribution >= 0.6 is 0 Å². The van der Waals surface area contributed by atoms with Gasteiger partial charge in [-0.2, -0.15) is 10.1 Å². The minimum atomic E-state index is -0.543. The molecule has 0 saturated carbocycles. The molecular formula is C12H12N6O3. The van der Waals surface area contributed by atoms with Crippen molar-refractivity contribution in [2.75, 3.05) is 0 Å². The molecule has 108 valence electrons. The highest BCUT2D eigenvalue weighted by Gasteiger charge is 2.18. The molecule has 1 unspecified atom stereocenters. The van der Waals surface area contributed by atoms with Gasteiger partial charge in [0.25, 0.3) is 0 Å². The van der Waals surface area contributed by atoms with Gasteiger partial charge in [-0.25, -0.2) is 4.98 Å². The first-order chi connectivity index (χ1) is 10.1. The maximum atomic E-state index is 9.45. The van der Waals surface area contributed by atoms with Gasteiger partial charge in [0.2, 0.25) is 11.7 Å². The van der Waals surface area contributed by atoms with Crippen LogP contribution in [0, 0.1) is 0 Å². The highest BCUT2D eigenvalue weighted by Crippen LogP contribution is 2.27. The number of aromatic nitrogens is 5. The lowest BCUT2D eigenvalue weighted by Crippen LogP contribution is -2.13. The van der Waals surface area contributed by atoms with Crippen LogP contribution in [0.2, 0.25) is 0 Å². The van der Waals surface area contributed by atoms with Gasteiger partial charge in [-0.3, -0.25) is 5.10 Å². The number of phenols is 2. The number of benzene rings is 1. The molecule has 0 radical (unpaired) electrons. The highest BCUT2D eigenvalue weighted by atomic mass is 16.5. The molecule has 0 saturated heterocycles. The second-order valence-corrected chi connectivity index (χ2v) is 4.42. The molecule has 2 heterocycles. The quantitative estimate of drug-likeness (QED) is 0.507. The molecule has 3 rings (SSSR count). The monoisotopic (exact) mass is 288 g/mol. The van der Waals surface area contributed by atoms with Crippen LogP contribution in [0.1, 0.15) is 17.5 Å². The SMILES string of the molecule is NC(Cc1ccc(O)c(O)c1)c1nc(-c2ncn[nH]2)no1. The van der Waals surface area contributed by atoms with E-state index in [1.165, 1.54) is 18.5 Å². The molecule has 0 aliphatic rings. The Bertz CT molecular complexity index is 739. The molecule has 3 aromatic rings. The van der Waals surface area contributed by atoms with Gasteiger partial charge in [-0.15, -0.1) is 0 Å². The average Bonchev–Trinajstić information content (AvgIpc) is 3.12. The van der Waals surface area contributed by atoms with E-state index in [1.54, 1.807) is 6.07 Å². The fourth-order valence-electron chi connectivity index (χ4n) is 1.83. The summed E-state index contributed by atoms with van der Waals surface area (Å²) >= 11 is 0. The summed E-state index contributed by atoms with van der Waals surface area (Å²) < 4.78 is 5.09. The van der Waals surface area contributed by atoms with Gasteiger partial charge >= 0.3 is 0 Å². The van der Waals surface area contributed by atoms with Crippen LogP contribution in [0.5, 0.6) is 11.5 Å². The summed E-state index contributed by atoms with van der Waals surface area (Å²) in [5, 5.41) is 28.8. The zero-order valence-electron chi connectivity index (χ0n) is 10.8. The van der Waals surface area contributed by atoms with Gasteiger partial charge in [-0.1, -0.05) is 11.2 Å². The van der Waals surface area contributed by atoms with E-state index in [0.29, 0.717) is 12.2 Å². The Morgan fingerprint density at radius 1 is 1.29 bits per heavy atom. The summed E-state index contributed by atoms with van der Waals surface area (Å²) in [7, 11) is 0. The van der Waals surface area contributed by atoms with Crippen molar-refractivity contribution in [1.82, 2.24) is 25.3 Å². The average molecular weight is 288 g/mol. The summed E-state index contributed by atoms with van der Waals surface area (Å²) in [6, 6.07) is 3.94. The van der Waals surface area contributed by atoms with Crippen molar-refractivity contribution in [3.05, 3.63) is 36.0 Å². The molecule has 2 aromatic heterocycles. The molecule has 1 atom stereocenters. The van der Waals surface area contributed by atoms with E-state index >= 15 is 0 Å². The third-order valence-corrected chi connectivity index (χ3v) is 2.88. The molecule has 0 fully saturated rings. The van der Waals surface area contributed by atoms with Crippen molar-refractivity contribution in [3.8, 4) is 23.1 Å². The van der Waals surface area contributed by atoms with Crippen molar-refractivity contribution in [1.29, 1.82) is 0 Å². The fourth-order valence-corrected chi connectivity index (χ4v) is 1.83. The number of hydrogen-bond acceptors (Lipinski definition) is 8. The smallest absolute Gasteiger partial charge is 0.244 e. The molecular weight excluding hydrogens is 276 g/mol. The summed E-state index contributed by atoms with van der Waals surface area (Å²) in [5.74, 6) is 0.519. The molecule has 9 heteroatoms. The Hall–Kier alpha value is -2.94. The number of aromatic hydroxyl groups is 2. The zero-order chi connectivity index (χ0) is 14.8. The van der Waals surface area contributed by atoms with Crippen LogP contribution < -0.4 is 5.73 Å². The van der Waals surface area contributed by atoms with Crippen LogP contribution in [-0.4, -0.2) is 35.5 Å². The minimum absolute atomic E-state index is 0.183. The maximum absolute atomic E-state index is 9.45. The van der Waals surface area contributed by atoms with Crippen molar-refractivity contribution < 1.29 is 14.7 Å². The predicted molar refractivity (Wildman–Crippen MR) is 70.1 cm³/mol. The van der Waals surface area contributed by atoms with Gasteiger partial charge < -0.3 is 20.5 Å². The van der Waals surface area contributed by atoms with E-state index < -0.39 is 6.04 Å². The van der Waals surface area contributed by atoms with Gasteiger partial charge in [0.15, 0.2) is 17.3 Å². The molecule has 5 N–H and O–H groups in total.